The summed E-state index contributed by atoms with van der Waals surface area (Å²) in [5.74, 6) is 1.64. The summed E-state index contributed by atoms with van der Waals surface area (Å²) in [7, 11) is 1.33. The highest BCUT2D eigenvalue weighted by Crippen LogP contribution is 2.60. The third kappa shape index (κ3) is 2.90. The molecule has 4 fully saturated rings. The van der Waals surface area contributed by atoms with Crippen LogP contribution in [0.25, 0.3) is 0 Å². The minimum absolute atomic E-state index is 0.00456. The van der Waals surface area contributed by atoms with E-state index in [-0.39, 0.29) is 17.1 Å². The van der Waals surface area contributed by atoms with Gasteiger partial charge in [-0.2, -0.15) is 0 Å². The molecule has 1 amide bonds. The van der Waals surface area contributed by atoms with Gasteiger partial charge in [-0.25, -0.2) is 4.79 Å². The lowest BCUT2D eigenvalue weighted by Crippen LogP contribution is -2.54. The SMILES string of the molecule is COC(=O)C(NC(=O)C12CC3CC(CC(C3)C1)C2)c1ccc(O)cc1. The molecule has 25 heavy (non-hydrogen) atoms. The maximum atomic E-state index is 13.2. The number of esters is 1. The van der Waals surface area contributed by atoms with Crippen molar-refractivity contribution in [3.63, 3.8) is 0 Å². The lowest BCUT2D eigenvalue weighted by Gasteiger charge is -2.55. The highest BCUT2D eigenvalue weighted by atomic mass is 16.5. The minimum atomic E-state index is -0.828. The number of benzene rings is 1. The van der Waals surface area contributed by atoms with Crippen LogP contribution in [0.1, 0.15) is 50.1 Å². The normalized spacial score (nSPS) is 33.7. The van der Waals surface area contributed by atoms with Crippen molar-refractivity contribution in [2.45, 2.75) is 44.6 Å². The van der Waals surface area contributed by atoms with Gasteiger partial charge in [0, 0.05) is 5.41 Å². The van der Waals surface area contributed by atoms with E-state index in [1.54, 1.807) is 12.1 Å². The number of phenolic OH excluding ortho intramolecular Hbond substituents is 1. The van der Waals surface area contributed by atoms with Crippen LogP contribution in [0.4, 0.5) is 0 Å². The Morgan fingerprint density at radius 3 is 2.08 bits per heavy atom. The van der Waals surface area contributed by atoms with Crippen molar-refractivity contribution < 1.29 is 19.4 Å². The van der Waals surface area contributed by atoms with Gasteiger partial charge in [0.1, 0.15) is 5.75 Å². The Labute approximate surface area is 147 Å². The Morgan fingerprint density at radius 2 is 1.60 bits per heavy atom. The number of nitrogens with one attached hydrogen (secondary N) is 1. The number of hydrogen-bond acceptors (Lipinski definition) is 4. The highest BCUT2D eigenvalue weighted by molar-refractivity contribution is 5.89. The number of methoxy groups -OCH3 is 1. The maximum absolute atomic E-state index is 13.2. The van der Waals surface area contributed by atoms with Crippen LogP contribution < -0.4 is 5.32 Å². The third-order valence-electron chi connectivity index (χ3n) is 6.46. The predicted molar refractivity (Wildman–Crippen MR) is 91.6 cm³/mol. The Hall–Kier alpha value is -2.04. The Kier molecular flexibility index (Phi) is 3.97. The van der Waals surface area contributed by atoms with Gasteiger partial charge in [-0.15, -0.1) is 0 Å². The summed E-state index contributed by atoms with van der Waals surface area (Å²) in [4.78, 5) is 25.5. The number of aromatic hydroxyl groups is 1. The van der Waals surface area contributed by atoms with Gasteiger partial charge in [0.25, 0.3) is 0 Å². The molecule has 5 nitrogen and oxygen atoms in total. The standard InChI is InChI=1S/C20H25NO4/c1-25-18(23)17(15-2-4-16(22)5-3-15)21-19(24)20-9-12-6-13(10-20)8-14(7-12)11-20/h2-5,12-14,17,22H,6-11H2,1H3,(H,21,24). The molecule has 0 aromatic heterocycles. The summed E-state index contributed by atoms with van der Waals surface area (Å²) < 4.78 is 4.90. The van der Waals surface area contributed by atoms with Gasteiger partial charge in [0.05, 0.1) is 7.11 Å². The van der Waals surface area contributed by atoms with Crippen LogP contribution in [0, 0.1) is 23.2 Å². The molecule has 4 aliphatic rings. The van der Waals surface area contributed by atoms with E-state index in [9.17, 15) is 14.7 Å². The number of amides is 1. The van der Waals surface area contributed by atoms with E-state index in [0.717, 1.165) is 19.3 Å². The number of carbonyl (C=O) groups excluding carboxylic acids is 2. The van der Waals surface area contributed by atoms with E-state index in [4.69, 9.17) is 4.74 Å². The smallest absolute Gasteiger partial charge is 0.333 e. The summed E-state index contributed by atoms with van der Waals surface area (Å²) in [6.07, 6.45) is 6.66. The van der Waals surface area contributed by atoms with Crippen molar-refractivity contribution in [1.29, 1.82) is 0 Å². The molecule has 1 aromatic carbocycles. The summed E-state index contributed by atoms with van der Waals surface area (Å²) >= 11 is 0. The highest BCUT2D eigenvalue weighted by Gasteiger charge is 2.55. The van der Waals surface area contributed by atoms with Crippen LogP contribution in [-0.4, -0.2) is 24.1 Å². The number of carbonyl (C=O) groups is 2. The quantitative estimate of drug-likeness (QED) is 0.824. The van der Waals surface area contributed by atoms with Crippen LogP contribution in [-0.2, 0) is 14.3 Å². The van der Waals surface area contributed by atoms with Gasteiger partial charge in [-0.3, -0.25) is 4.79 Å². The van der Waals surface area contributed by atoms with E-state index >= 15 is 0 Å². The van der Waals surface area contributed by atoms with E-state index in [0.29, 0.717) is 23.3 Å². The lowest BCUT2D eigenvalue weighted by molar-refractivity contribution is -0.153. The molecule has 1 unspecified atom stereocenters. The second kappa shape index (κ2) is 6.04. The van der Waals surface area contributed by atoms with E-state index in [1.807, 2.05) is 0 Å². The number of hydrogen-bond donors (Lipinski definition) is 2. The molecular weight excluding hydrogens is 318 g/mol. The van der Waals surface area contributed by atoms with E-state index in [2.05, 4.69) is 5.32 Å². The number of rotatable bonds is 4. The van der Waals surface area contributed by atoms with Crippen LogP contribution in [0.2, 0.25) is 0 Å². The molecule has 4 bridgehead atoms. The van der Waals surface area contributed by atoms with Gasteiger partial charge in [-0.05, 0) is 74.0 Å². The molecule has 4 saturated carbocycles. The third-order valence-corrected chi connectivity index (χ3v) is 6.46. The first kappa shape index (κ1) is 16.4. The van der Waals surface area contributed by atoms with Crippen molar-refractivity contribution >= 4 is 11.9 Å². The first-order chi connectivity index (χ1) is 12.0. The predicted octanol–water partition coefficient (Wildman–Crippen LogP) is 2.94. The number of ether oxygens (including phenoxy) is 1. The Bertz CT molecular complexity index is 646. The van der Waals surface area contributed by atoms with Crippen LogP contribution in [0.5, 0.6) is 5.75 Å². The summed E-state index contributed by atoms with van der Waals surface area (Å²) in [6, 6.07) is 5.50. The average Bonchev–Trinajstić information content (AvgIpc) is 2.58. The molecule has 0 heterocycles. The molecular formula is C20H25NO4. The second-order valence-corrected chi connectivity index (χ2v) is 8.22. The van der Waals surface area contributed by atoms with Crippen molar-refractivity contribution in [3.05, 3.63) is 29.8 Å². The fraction of sp³-hybridized carbons (Fsp3) is 0.600. The minimum Gasteiger partial charge on any atom is -0.508 e. The van der Waals surface area contributed by atoms with Gasteiger partial charge in [-0.1, -0.05) is 12.1 Å². The zero-order valence-electron chi connectivity index (χ0n) is 14.5. The van der Waals surface area contributed by atoms with Gasteiger partial charge >= 0.3 is 5.97 Å². The van der Waals surface area contributed by atoms with Crippen LogP contribution in [0.15, 0.2) is 24.3 Å². The Balaban J connectivity index is 1.56. The lowest BCUT2D eigenvalue weighted by atomic mass is 9.49. The van der Waals surface area contributed by atoms with Gasteiger partial charge in [0.15, 0.2) is 6.04 Å². The topological polar surface area (TPSA) is 75.6 Å². The molecule has 4 aliphatic carbocycles. The first-order valence-electron chi connectivity index (χ1n) is 9.17. The zero-order chi connectivity index (χ0) is 17.6. The number of phenols is 1. The van der Waals surface area contributed by atoms with Crippen molar-refractivity contribution in [2.75, 3.05) is 7.11 Å². The molecule has 0 spiro atoms. The van der Waals surface area contributed by atoms with Gasteiger partial charge < -0.3 is 15.2 Å². The Morgan fingerprint density at radius 1 is 1.08 bits per heavy atom. The van der Waals surface area contributed by atoms with E-state index < -0.39 is 12.0 Å². The summed E-state index contributed by atoms with van der Waals surface area (Å²) in [5.41, 5.74) is 0.320. The molecule has 5 heteroatoms. The molecule has 134 valence electrons. The average molecular weight is 343 g/mol. The molecule has 1 atom stereocenters. The maximum Gasteiger partial charge on any atom is 0.333 e. The first-order valence-corrected chi connectivity index (χ1v) is 9.17. The van der Waals surface area contributed by atoms with Crippen molar-refractivity contribution in [1.82, 2.24) is 5.32 Å². The monoisotopic (exact) mass is 343 g/mol. The molecule has 0 radical (unpaired) electrons. The van der Waals surface area contributed by atoms with E-state index in [1.165, 1.54) is 38.5 Å². The zero-order valence-corrected chi connectivity index (χ0v) is 14.5. The fourth-order valence-electron chi connectivity index (χ4n) is 5.74. The second-order valence-electron chi connectivity index (χ2n) is 8.22. The van der Waals surface area contributed by atoms with Crippen LogP contribution in [0.3, 0.4) is 0 Å². The summed E-state index contributed by atoms with van der Waals surface area (Å²) in [5, 5.41) is 12.4. The molecule has 1 aromatic rings. The molecule has 0 aliphatic heterocycles. The largest absolute Gasteiger partial charge is 0.508 e. The molecule has 5 rings (SSSR count). The fourth-order valence-corrected chi connectivity index (χ4v) is 5.74. The summed E-state index contributed by atoms with van der Waals surface area (Å²) in [6.45, 7) is 0. The van der Waals surface area contributed by atoms with Crippen LogP contribution >= 0.6 is 0 Å². The van der Waals surface area contributed by atoms with Gasteiger partial charge in [0.2, 0.25) is 5.91 Å². The van der Waals surface area contributed by atoms with Crippen molar-refractivity contribution in [2.24, 2.45) is 23.2 Å². The van der Waals surface area contributed by atoms with Crippen molar-refractivity contribution in [3.8, 4) is 5.75 Å². The molecule has 0 saturated heterocycles. The molecule has 2 N–H and O–H groups in total.